The van der Waals surface area contributed by atoms with Gasteiger partial charge in [-0.2, -0.15) is 0 Å². The second kappa shape index (κ2) is 4.07. The Balaban J connectivity index is 1.94. The van der Waals surface area contributed by atoms with Crippen molar-refractivity contribution in [2.75, 3.05) is 0 Å². The zero-order valence-electron chi connectivity index (χ0n) is 9.42. The molecule has 0 unspecified atom stereocenters. The topological polar surface area (TPSA) is 56.3 Å². The number of rotatable bonds is 2. The largest absolute Gasteiger partial charge is 0.384 e. The molecule has 0 amide bonds. The molecule has 1 aromatic heterocycles. The summed E-state index contributed by atoms with van der Waals surface area (Å²) in [4.78, 5) is 26.6. The molecule has 0 bridgehead atoms. The van der Waals surface area contributed by atoms with Crippen molar-refractivity contribution in [1.82, 2.24) is 4.98 Å². The third kappa shape index (κ3) is 1.78. The summed E-state index contributed by atoms with van der Waals surface area (Å²) in [6.45, 7) is 0. The maximum absolute atomic E-state index is 11.4. The Hall–Kier alpha value is -2.49. The molecule has 1 aliphatic heterocycles. The summed E-state index contributed by atoms with van der Waals surface area (Å²) in [7, 11) is 0. The lowest BCUT2D eigenvalue weighted by Crippen LogP contribution is -1.98. The minimum atomic E-state index is -0.665. The van der Waals surface area contributed by atoms with Gasteiger partial charge in [-0.05, 0) is 23.6 Å². The number of ether oxygens (including phenoxy) is 1. The number of hydrogen-bond acceptors (Lipinski definition) is 4. The lowest BCUT2D eigenvalue weighted by molar-refractivity contribution is 0.0441. The standard InChI is InChI=1S/C14H9NO3/c16-13-11-7-10(6-9-4-2-1-3-5-9)8-15-12(11)14(17)18-13/h1-5,7-8H,6H2. The fraction of sp³-hybridized carbons (Fsp3) is 0.0714. The first kappa shape index (κ1) is 10.7. The van der Waals surface area contributed by atoms with Crippen molar-refractivity contribution >= 4 is 11.9 Å². The molecule has 2 heterocycles. The molecule has 0 fully saturated rings. The minimum Gasteiger partial charge on any atom is -0.384 e. The highest BCUT2D eigenvalue weighted by Gasteiger charge is 2.31. The van der Waals surface area contributed by atoms with Gasteiger partial charge in [-0.3, -0.25) is 0 Å². The van der Waals surface area contributed by atoms with E-state index in [1.807, 2.05) is 30.3 Å². The highest BCUT2D eigenvalue weighted by atomic mass is 16.6. The van der Waals surface area contributed by atoms with Gasteiger partial charge in [0.25, 0.3) is 0 Å². The molecular formula is C14H9NO3. The van der Waals surface area contributed by atoms with Crippen LogP contribution in [-0.4, -0.2) is 16.9 Å². The smallest absolute Gasteiger partial charge is 0.365 e. The van der Waals surface area contributed by atoms with Gasteiger partial charge >= 0.3 is 11.9 Å². The molecule has 1 aliphatic rings. The predicted octanol–water partition coefficient (Wildman–Crippen LogP) is 1.98. The summed E-state index contributed by atoms with van der Waals surface area (Å²) in [6, 6.07) is 11.5. The van der Waals surface area contributed by atoms with Crippen LogP contribution in [0.25, 0.3) is 0 Å². The van der Waals surface area contributed by atoms with Crippen molar-refractivity contribution in [3.05, 3.63) is 65.0 Å². The zero-order valence-corrected chi connectivity index (χ0v) is 9.42. The average molecular weight is 239 g/mol. The summed E-state index contributed by atoms with van der Waals surface area (Å²) in [5.74, 6) is -1.28. The average Bonchev–Trinajstić information content (AvgIpc) is 2.66. The van der Waals surface area contributed by atoms with Crippen LogP contribution in [0.4, 0.5) is 0 Å². The van der Waals surface area contributed by atoms with Crippen molar-refractivity contribution in [3.8, 4) is 0 Å². The van der Waals surface area contributed by atoms with Crippen LogP contribution in [0.5, 0.6) is 0 Å². The van der Waals surface area contributed by atoms with E-state index in [4.69, 9.17) is 0 Å². The van der Waals surface area contributed by atoms with Gasteiger partial charge in [-0.25, -0.2) is 14.6 Å². The lowest BCUT2D eigenvalue weighted by atomic mass is 10.0. The van der Waals surface area contributed by atoms with E-state index in [1.165, 1.54) is 0 Å². The highest BCUT2D eigenvalue weighted by molar-refractivity contribution is 6.13. The third-order valence-electron chi connectivity index (χ3n) is 2.79. The fourth-order valence-electron chi connectivity index (χ4n) is 1.94. The van der Waals surface area contributed by atoms with Crippen LogP contribution in [0.1, 0.15) is 32.0 Å². The minimum absolute atomic E-state index is 0.108. The lowest BCUT2D eigenvalue weighted by Gasteiger charge is -2.01. The van der Waals surface area contributed by atoms with Crippen LogP contribution in [-0.2, 0) is 11.2 Å². The molecule has 1 aromatic carbocycles. The number of pyridine rings is 1. The molecule has 0 aliphatic carbocycles. The van der Waals surface area contributed by atoms with E-state index >= 15 is 0 Å². The SMILES string of the molecule is O=C1OC(=O)c2ncc(Cc3ccccc3)cc21. The first-order valence-electron chi connectivity index (χ1n) is 5.53. The molecular weight excluding hydrogens is 230 g/mol. The second-order valence-corrected chi connectivity index (χ2v) is 4.08. The molecule has 0 N–H and O–H groups in total. The van der Waals surface area contributed by atoms with Gasteiger partial charge in [0.05, 0.1) is 5.56 Å². The van der Waals surface area contributed by atoms with Crippen LogP contribution in [0.15, 0.2) is 42.6 Å². The Kier molecular flexibility index (Phi) is 2.41. The molecule has 4 heteroatoms. The van der Waals surface area contributed by atoms with E-state index in [-0.39, 0.29) is 11.3 Å². The molecule has 0 radical (unpaired) electrons. The van der Waals surface area contributed by atoms with Crippen LogP contribution < -0.4 is 0 Å². The molecule has 3 rings (SSSR count). The van der Waals surface area contributed by atoms with Gasteiger partial charge in [0, 0.05) is 6.20 Å². The quantitative estimate of drug-likeness (QED) is 0.594. The number of hydrogen-bond donors (Lipinski definition) is 0. The number of esters is 2. The number of benzene rings is 1. The first-order chi connectivity index (χ1) is 8.74. The van der Waals surface area contributed by atoms with Crippen LogP contribution in [0, 0.1) is 0 Å². The molecule has 0 spiro atoms. The maximum Gasteiger partial charge on any atom is 0.365 e. The zero-order chi connectivity index (χ0) is 12.5. The number of cyclic esters (lactones) is 2. The Morgan fingerprint density at radius 3 is 2.56 bits per heavy atom. The van der Waals surface area contributed by atoms with E-state index in [1.54, 1.807) is 12.3 Å². The predicted molar refractivity (Wildman–Crippen MR) is 63.2 cm³/mol. The van der Waals surface area contributed by atoms with Gasteiger partial charge in [0.1, 0.15) is 0 Å². The van der Waals surface area contributed by atoms with Crippen molar-refractivity contribution in [1.29, 1.82) is 0 Å². The Morgan fingerprint density at radius 2 is 1.78 bits per heavy atom. The number of aromatic nitrogens is 1. The van der Waals surface area contributed by atoms with Crippen molar-refractivity contribution in [2.45, 2.75) is 6.42 Å². The Morgan fingerprint density at radius 1 is 1.00 bits per heavy atom. The molecule has 0 saturated heterocycles. The monoisotopic (exact) mass is 239 g/mol. The van der Waals surface area contributed by atoms with Gasteiger partial charge in [0.2, 0.25) is 0 Å². The molecule has 2 aromatic rings. The van der Waals surface area contributed by atoms with Crippen LogP contribution in [0.3, 0.4) is 0 Å². The van der Waals surface area contributed by atoms with Crippen LogP contribution in [0.2, 0.25) is 0 Å². The molecule has 4 nitrogen and oxygen atoms in total. The summed E-state index contributed by atoms with van der Waals surface area (Å²) in [6.07, 6.45) is 2.27. The van der Waals surface area contributed by atoms with E-state index in [0.29, 0.717) is 6.42 Å². The molecule has 0 atom stereocenters. The number of carbonyl (C=O) groups excluding carboxylic acids is 2. The maximum atomic E-state index is 11.4. The summed E-state index contributed by atoms with van der Waals surface area (Å²) >= 11 is 0. The highest BCUT2D eigenvalue weighted by Crippen LogP contribution is 2.20. The summed E-state index contributed by atoms with van der Waals surface area (Å²) in [5, 5.41) is 0. The van der Waals surface area contributed by atoms with Crippen LogP contribution >= 0.6 is 0 Å². The Labute approximate surface area is 103 Å². The summed E-state index contributed by atoms with van der Waals surface area (Å²) < 4.78 is 4.50. The number of nitrogens with zero attached hydrogens (tertiary/aromatic N) is 1. The van der Waals surface area contributed by atoms with E-state index < -0.39 is 11.9 Å². The normalized spacial score (nSPS) is 13.3. The van der Waals surface area contributed by atoms with Gasteiger partial charge < -0.3 is 4.74 Å². The Bertz CT molecular complexity index is 635. The van der Waals surface area contributed by atoms with E-state index in [0.717, 1.165) is 11.1 Å². The summed E-state index contributed by atoms with van der Waals surface area (Å²) in [5.41, 5.74) is 2.37. The fourth-order valence-corrected chi connectivity index (χ4v) is 1.94. The second-order valence-electron chi connectivity index (χ2n) is 4.08. The van der Waals surface area contributed by atoms with Gasteiger partial charge in [-0.1, -0.05) is 30.3 Å². The molecule has 18 heavy (non-hydrogen) atoms. The van der Waals surface area contributed by atoms with Gasteiger partial charge in [-0.15, -0.1) is 0 Å². The van der Waals surface area contributed by atoms with E-state index in [9.17, 15) is 9.59 Å². The van der Waals surface area contributed by atoms with Gasteiger partial charge in [0.15, 0.2) is 5.69 Å². The van der Waals surface area contributed by atoms with Crippen molar-refractivity contribution < 1.29 is 14.3 Å². The number of fused-ring (bicyclic) bond motifs is 1. The number of carbonyl (C=O) groups is 2. The molecule has 0 saturated carbocycles. The van der Waals surface area contributed by atoms with E-state index in [2.05, 4.69) is 9.72 Å². The van der Waals surface area contributed by atoms with Crippen molar-refractivity contribution in [3.63, 3.8) is 0 Å². The molecule has 88 valence electrons. The third-order valence-corrected chi connectivity index (χ3v) is 2.79. The first-order valence-corrected chi connectivity index (χ1v) is 5.53. The van der Waals surface area contributed by atoms with Crippen molar-refractivity contribution in [2.24, 2.45) is 0 Å².